The van der Waals surface area contributed by atoms with E-state index in [2.05, 4.69) is 17.6 Å². The van der Waals surface area contributed by atoms with Crippen LogP contribution in [0.2, 0.25) is 5.02 Å². The Hall–Kier alpha value is -1.17. The maximum absolute atomic E-state index is 11.9. The van der Waals surface area contributed by atoms with Gasteiger partial charge in [-0.2, -0.15) is 0 Å². The molecule has 1 aromatic rings. The van der Waals surface area contributed by atoms with E-state index >= 15 is 0 Å². The van der Waals surface area contributed by atoms with Crippen molar-refractivity contribution in [3.63, 3.8) is 0 Å². The number of benzene rings is 1. The molecule has 2 N–H and O–H groups in total. The number of rotatable bonds is 6. The van der Waals surface area contributed by atoms with Gasteiger partial charge in [0.05, 0.1) is 5.02 Å². The zero-order valence-corrected chi connectivity index (χ0v) is 12.8. The smallest absolute Gasteiger partial charge is 0.251 e. The summed E-state index contributed by atoms with van der Waals surface area (Å²) < 4.78 is 10.4. The Kier molecular flexibility index (Phi) is 6.91. The highest BCUT2D eigenvalue weighted by Gasteiger charge is 2.20. The van der Waals surface area contributed by atoms with Crippen molar-refractivity contribution in [3.8, 4) is 11.5 Å². The van der Waals surface area contributed by atoms with Crippen molar-refractivity contribution >= 4 is 29.9 Å². The van der Waals surface area contributed by atoms with E-state index < -0.39 is 0 Å². The molecule has 1 amide bonds. The van der Waals surface area contributed by atoms with Crippen LogP contribution in [0.15, 0.2) is 12.1 Å². The van der Waals surface area contributed by atoms with Crippen LogP contribution in [0.25, 0.3) is 0 Å². The summed E-state index contributed by atoms with van der Waals surface area (Å²) in [6.07, 6.45) is 1.08. The molecular weight excluding hydrogens is 303 g/mol. The minimum absolute atomic E-state index is 0. The molecule has 0 aromatic heterocycles. The molecule has 112 valence electrons. The molecule has 5 nitrogen and oxygen atoms in total. The number of nitrogens with one attached hydrogen (secondary N) is 2. The van der Waals surface area contributed by atoms with Crippen LogP contribution in [0, 0.1) is 0 Å². The summed E-state index contributed by atoms with van der Waals surface area (Å²) in [7, 11) is 0. The van der Waals surface area contributed by atoms with Gasteiger partial charge < -0.3 is 20.1 Å². The van der Waals surface area contributed by atoms with Gasteiger partial charge in [0.15, 0.2) is 11.5 Å². The molecule has 1 aromatic carbocycles. The molecule has 0 spiro atoms. The van der Waals surface area contributed by atoms with E-state index in [1.54, 1.807) is 12.1 Å². The van der Waals surface area contributed by atoms with Crippen molar-refractivity contribution in [1.82, 2.24) is 10.6 Å². The molecule has 0 atom stereocenters. The maximum Gasteiger partial charge on any atom is 0.251 e. The van der Waals surface area contributed by atoms with Crippen molar-refractivity contribution in [2.45, 2.75) is 13.3 Å². The third-order valence-corrected chi connectivity index (χ3v) is 2.98. The van der Waals surface area contributed by atoms with E-state index in [0.29, 0.717) is 28.6 Å². The normalized spacial score (nSPS) is 11.9. The SMILES string of the molecule is CCCNCCNC(=O)c1cc(Cl)c2c(c1)OCO2.Cl. The Morgan fingerprint density at radius 2 is 2.10 bits per heavy atom. The van der Waals surface area contributed by atoms with Crippen LogP contribution >= 0.6 is 24.0 Å². The van der Waals surface area contributed by atoms with Crippen molar-refractivity contribution in [2.75, 3.05) is 26.4 Å². The van der Waals surface area contributed by atoms with E-state index in [-0.39, 0.29) is 25.1 Å². The predicted molar refractivity (Wildman–Crippen MR) is 80.3 cm³/mol. The summed E-state index contributed by atoms with van der Waals surface area (Å²) >= 11 is 6.02. The number of amides is 1. The number of carbonyl (C=O) groups excluding carboxylic acids is 1. The topological polar surface area (TPSA) is 59.6 Å². The van der Waals surface area contributed by atoms with Gasteiger partial charge in [-0.15, -0.1) is 12.4 Å². The Balaban J connectivity index is 0.00000200. The van der Waals surface area contributed by atoms with E-state index in [9.17, 15) is 4.79 Å². The summed E-state index contributed by atoms with van der Waals surface area (Å²) in [5.74, 6) is 0.850. The lowest BCUT2D eigenvalue weighted by atomic mass is 10.2. The third-order valence-electron chi connectivity index (χ3n) is 2.70. The fraction of sp³-hybridized carbons (Fsp3) is 0.462. The second-order valence-electron chi connectivity index (χ2n) is 4.20. The summed E-state index contributed by atoms with van der Waals surface area (Å²) in [5.41, 5.74) is 0.477. The molecule has 1 heterocycles. The monoisotopic (exact) mass is 320 g/mol. The first-order chi connectivity index (χ1) is 9.22. The van der Waals surface area contributed by atoms with E-state index in [1.165, 1.54) is 0 Å². The summed E-state index contributed by atoms with van der Waals surface area (Å²) in [6, 6.07) is 3.23. The summed E-state index contributed by atoms with van der Waals surface area (Å²) in [5, 5.41) is 6.42. The molecule has 2 rings (SSSR count). The zero-order valence-electron chi connectivity index (χ0n) is 11.2. The molecule has 1 aliphatic heterocycles. The van der Waals surface area contributed by atoms with Crippen molar-refractivity contribution in [2.24, 2.45) is 0 Å². The fourth-order valence-corrected chi connectivity index (χ4v) is 2.03. The Labute approximate surface area is 129 Å². The second-order valence-corrected chi connectivity index (χ2v) is 4.60. The van der Waals surface area contributed by atoms with E-state index in [1.807, 2.05) is 0 Å². The number of ether oxygens (including phenoxy) is 2. The molecule has 20 heavy (non-hydrogen) atoms. The highest BCUT2D eigenvalue weighted by atomic mass is 35.5. The van der Waals surface area contributed by atoms with Gasteiger partial charge in [0.1, 0.15) is 0 Å². The maximum atomic E-state index is 11.9. The molecule has 7 heteroatoms. The van der Waals surface area contributed by atoms with Crippen molar-refractivity contribution in [3.05, 3.63) is 22.7 Å². The minimum Gasteiger partial charge on any atom is -0.454 e. The Morgan fingerprint density at radius 1 is 1.30 bits per heavy atom. The van der Waals surface area contributed by atoms with Gasteiger partial charge in [-0.05, 0) is 25.1 Å². The van der Waals surface area contributed by atoms with Crippen LogP contribution in [0.5, 0.6) is 11.5 Å². The number of halogens is 2. The Bertz CT molecular complexity index is 469. The number of hydrogen-bond donors (Lipinski definition) is 2. The molecule has 0 saturated carbocycles. The number of carbonyl (C=O) groups is 1. The van der Waals surface area contributed by atoms with Crippen LogP contribution in [-0.4, -0.2) is 32.3 Å². The molecule has 0 radical (unpaired) electrons. The third kappa shape index (κ3) is 4.16. The van der Waals surface area contributed by atoms with E-state index in [0.717, 1.165) is 19.5 Å². The lowest BCUT2D eigenvalue weighted by Gasteiger charge is -2.07. The van der Waals surface area contributed by atoms with Gasteiger partial charge in [0.25, 0.3) is 5.91 Å². The summed E-state index contributed by atoms with van der Waals surface area (Å²) in [6.45, 7) is 4.51. The molecule has 0 unspecified atom stereocenters. The molecule has 0 bridgehead atoms. The predicted octanol–water partition coefficient (Wildman–Crippen LogP) is 2.22. The first kappa shape index (κ1) is 16.9. The zero-order chi connectivity index (χ0) is 13.7. The first-order valence-corrected chi connectivity index (χ1v) is 6.68. The standard InChI is InChI=1S/C13H17ClN2O3.ClH/c1-2-3-15-4-5-16-13(17)9-6-10(14)12-11(7-9)18-8-19-12;/h6-7,15H,2-5,8H2,1H3,(H,16,17);1H. The second kappa shape index (κ2) is 8.19. The van der Waals surface area contributed by atoms with Gasteiger partial charge >= 0.3 is 0 Å². The summed E-state index contributed by atoms with van der Waals surface area (Å²) in [4.78, 5) is 11.9. The van der Waals surface area contributed by atoms with Crippen LogP contribution in [0.3, 0.4) is 0 Å². The van der Waals surface area contributed by atoms with Crippen molar-refractivity contribution in [1.29, 1.82) is 0 Å². The molecule has 0 fully saturated rings. The lowest BCUT2D eigenvalue weighted by molar-refractivity contribution is 0.0953. The highest BCUT2D eigenvalue weighted by molar-refractivity contribution is 6.32. The van der Waals surface area contributed by atoms with Gasteiger partial charge in [0.2, 0.25) is 6.79 Å². The molecule has 0 aliphatic carbocycles. The van der Waals surface area contributed by atoms with Gasteiger partial charge in [-0.25, -0.2) is 0 Å². The largest absolute Gasteiger partial charge is 0.454 e. The van der Waals surface area contributed by atoms with Crippen LogP contribution < -0.4 is 20.1 Å². The molecular formula is C13H18Cl2N2O3. The average Bonchev–Trinajstić information content (AvgIpc) is 2.87. The minimum atomic E-state index is -0.168. The van der Waals surface area contributed by atoms with Crippen LogP contribution in [0.1, 0.15) is 23.7 Å². The number of fused-ring (bicyclic) bond motifs is 1. The van der Waals surface area contributed by atoms with E-state index in [4.69, 9.17) is 21.1 Å². The van der Waals surface area contributed by atoms with Gasteiger partial charge in [0, 0.05) is 18.7 Å². The van der Waals surface area contributed by atoms with Crippen molar-refractivity contribution < 1.29 is 14.3 Å². The molecule has 0 saturated heterocycles. The average molecular weight is 321 g/mol. The highest BCUT2D eigenvalue weighted by Crippen LogP contribution is 2.39. The quantitative estimate of drug-likeness (QED) is 0.789. The van der Waals surface area contributed by atoms with Gasteiger partial charge in [-0.1, -0.05) is 18.5 Å². The first-order valence-electron chi connectivity index (χ1n) is 6.30. The van der Waals surface area contributed by atoms with Crippen LogP contribution in [-0.2, 0) is 0 Å². The fourth-order valence-electron chi connectivity index (χ4n) is 1.77. The Morgan fingerprint density at radius 3 is 2.85 bits per heavy atom. The molecule has 1 aliphatic rings. The van der Waals surface area contributed by atoms with Gasteiger partial charge in [-0.3, -0.25) is 4.79 Å². The van der Waals surface area contributed by atoms with Crippen LogP contribution in [0.4, 0.5) is 0 Å². The number of hydrogen-bond acceptors (Lipinski definition) is 4. The lowest BCUT2D eigenvalue weighted by Crippen LogP contribution is -2.32.